The molecule has 0 saturated carbocycles. The second-order valence-corrected chi connectivity index (χ2v) is 1.99. The monoisotopic (exact) mass is 255 g/mol. The molecule has 78 valence electrons. The van der Waals surface area contributed by atoms with Gasteiger partial charge in [-0.3, -0.25) is 9.59 Å². The van der Waals surface area contributed by atoms with Crippen LogP contribution in [0.3, 0.4) is 0 Å². The van der Waals surface area contributed by atoms with E-state index in [1.807, 2.05) is 0 Å². The summed E-state index contributed by atoms with van der Waals surface area (Å²) in [6, 6.07) is -1.06. The maximum Gasteiger partial charge on any atom is 0.320 e. The summed E-state index contributed by atoms with van der Waals surface area (Å²) in [6.45, 7) is 0. The minimum absolute atomic E-state index is 0. The average molecular weight is 257 g/mol. The predicted molar refractivity (Wildman–Crippen MR) is 42.9 cm³/mol. The van der Waals surface area contributed by atoms with Crippen LogP contribution in [-0.4, -0.2) is 34.6 Å². The number of aliphatic carboxylic acids is 2. The summed E-state index contributed by atoms with van der Waals surface area (Å²) in [5.41, 5.74) is 10.5. The fourth-order valence-electron chi connectivity index (χ4n) is 0.402. The van der Waals surface area contributed by atoms with Crippen LogP contribution in [0.15, 0.2) is 0 Å². The molecule has 7 nitrogen and oxygen atoms in total. The topological polar surface area (TPSA) is 141 Å². The van der Waals surface area contributed by atoms with Crippen molar-refractivity contribution in [1.29, 1.82) is 0 Å². The normalized spacial score (nSPS) is 9.79. The van der Waals surface area contributed by atoms with Gasteiger partial charge >= 0.3 is 11.9 Å². The van der Waals surface area contributed by atoms with Crippen LogP contribution < -0.4 is 5.73 Å². The number of nitrogens with two attached hydrogens (primary N) is 1. The van der Waals surface area contributed by atoms with Crippen molar-refractivity contribution in [2.75, 3.05) is 0 Å². The molecule has 0 radical (unpaired) electrons. The van der Waals surface area contributed by atoms with Gasteiger partial charge in [-0.15, -0.1) is 0 Å². The van der Waals surface area contributed by atoms with Crippen molar-refractivity contribution < 1.29 is 44.1 Å². The third-order valence-corrected chi connectivity index (χ3v) is 0.986. The summed E-state index contributed by atoms with van der Waals surface area (Å²) in [5, 5.41) is 16.3. The van der Waals surface area contributed by atoms with E-state index >= 15 is 0 Å². The first-order valence-electron chi connectivity index (χ1n) is 3.26. The van der Waals surface area contributed by atoms with Crippen LogP contribution in [-0.2, 0) is 33.9 Å². The minimum Gasteiger partial charge on any atom is -0.671 e. The zero-order valence-corrected chi connectivity index (χ0v) is 10.4. The van der Waals surface area contributed by atoms with E-state index in [0.717, 1.165) is 0 Å². The van der Waals surface area contributed by atoms with Gasteiger partial charge in [0.2, 0.25) is 0 Å². The predicted octanol–water partition coefficient (Wildman–Crippen LogP) is -0.544. The number of rotatable bonds is 4. The van der Waals surface area contributed by atoms with Gasteiger partial charge in [-0.1, -0.05) is 0 Å². The first kappa shape index (κ1) is 18.7. The molecule has 0 aliphatic heterocycles. The smallest absolute Gasteiger partial charge is 0.320 e. The van der Waals surface area contributed by atoms with Gasteiger partial charge < -0.3 is 26.5 Å². The molecule has 0 aliphatic carbocycles. The molecular formula is C6H11N2O5Zn-. The third kappa shape index (κ3) is 17.2. The molecule has 0 aromatic heterocycles. The number of carbonyl (C=O) groups excluding carboxylic acids is 1. The van der Waals surface area contributed by atoms with E-state index in [1.54, 1.807) is 0 Å². The quantitative estimate of drug-likeness (QED) is 0.455. The van der Waals surface area contributed by atoms with Crippen molar-refractivity contribution in [1.82, 2.24) is 0 Å². The van der Waals surface area contributed by atoms with E-state index in [-0.39, 0.29) is 38.7 Å². The maximum atomic E-state index is 9.99. The first-order valence-corrected chi connectivity index (χ1v) is 3.26. The minimum atomic E-state index is -1.17. The van der Waals surface area contributed by atoms with Crippen LogP contribution in [0.5, 0.6) is 0 Å². The molecule has 8 heteroatoms. The molecule has 0 heterocycles. The second kappa shape index (κ2) is 12.0. The molecule has 0 aromatic carbocycles. The Morgan fingerprint density at radius 3 is 2.00 bits per heavy atom. The molecule has 1 atom stereocenters. The summed E-state index contributed by atoms with van der Waals surface area (Å²) in [6.07, 6.45) is -0.224. The Morgan fingerprint density at radius 1 is 1.43 bits per heavy atom. The van der Waals surface area contributed by atoms with Crippen molar-refractivity contribution in [3.63, 3.8) is 0 Å². The molecule has 1 amide bonds. The van der Waals surface area contributed by atoms with Crippen LogP contribution in [0.4, 0.5) is 0 Å². The fraction of sp³-hybridized carbons (Fsp3) is 0.500. The molecule has 0 fully saturated rings. The largest absolute Gasteiger partial charge is 0.671 e. The van der Waals surface area contributed by atoms with Gasteiger partial charge in [0.1, 0.15) is 6.04 Å². The Kier molecular flexibility index (Phi) is 16.0. The molecule has 5 N–H and O–H groups in total. The summed E-state index contributed by atoms with van der Waals surface area (Å²) >= 11 is 0. The third-order valence-electron chi connectivity index (χ3n) is 0.986. The Balaban J connectivity index is -0.000000267. The average Bonchev–Trinajstić information content (AvgIpc) is 2.01. The summed E-state index contributed by atoms with van der Waals surface area (Å²) < 4.78 is 0. The van der Waals surface area contributed by atoms with Crippen LogP contribution in [0.25, 0.3) is 5.73 Å². The second-order valence-electron chi connectivity index (χ2n) is 1.99. The van der Waals surface area contributed by atoms with E-state index in [4.69, 9.17) is 26.5 Å². The molecule has 14 heavy (non-hydrogen) atoms. The van der Waals surface area contributed by atoms with Gasteiger partial charge in [0.25, 0.3) is 0 Å². The van der Waals surface area contributed by atoms with Crippen LogP contribution in [0, 0.1) is 0 Å². The van der Waals surface area contributed by atoms with Crippen LogP contribution >= 0.6 is 0 Å². The van der Waals surface area contributed by atoms with E-state index < -0.39 is 18.0 Å². The number of amides is 1. The molecule has 0 aromatic rings. The molecule has 0 aliphatic rings. The van der Waals surface area contributed by atoms with E-state index in [0.29, 0.717) is 0 Å². The molecule has 0 saturated heterocycles. The molecule has 0 unspecified atom stereocenters. The Bertz CT molecular complexity index is 187. The number of hydrogen-bond acceptors (Lipinski definition) is 4. The van der Waals surface area contributed by atoms with Crippen molar-refractivity contribution in [2.45, 2.75) is 18.9 Å². The van der Waals surface area contributed by atoms with Gasteiger partial charge in [-0.25, -0.2) is 0 Å². The summed E-state index contributed by atoms with van der Waals surface area (Å²) in [4.78, 5) is 28.3. The van der Waals surface area contributed by atoms with Crippen molar-refractivity contribution in [2.24, 2.45) is 5.73 Å². The first-order chi connectivity index (χ1) is 5.95. The Hall–Kier alpha value is -1.01. The maximum absolute atomic E-state index is 9.99. The standard InChI is InChI=1S/C5H9NO4.CH3NO.Zn/c6-3(5(9)10)1-2-4(7)8;2-1-3;/h3H,1-2,6H2,(H,7,8)(H,9,10);1H,(H2,2,3);/p-1/t3-;;/m0../s1. The zero-order valence-electron chi connectivity index (χ0n) is 7.47. The fourth-order valence-corrected chi connectivity index (χ4v) is 0.402. The van der Waals surface area contributed by atoms with Crippen molar-refractivity contribution in [3.05, 3.63) is 5.73 Å². The van der Waals surface area contributed by atoms with Gasteiger partial charge in [0, 0.05) is 32.3 Å². The Labute approximate surface area is 93.2 Å². The van der Waals surface area contributed by atoms with E-state index in [2.05, 4.69) is 0 Å². The van der Waals surface area contributed by atoms with Gasteiger partial charge in [0.15, 0.2) is 0 Å². The number of nitrogens with one attached hydrogen (secondary N) is 1. The molecule has 0 rings (SSSR count). The molecule has 0 spiro atoms. The molecule has 0 bridgehead atoms. The van der Waals surface area contributed by atoms with Gasteiger partial charge in [0.05, 0.1) is 0 Å². The number of carboxylic acids is 2. The Morgan fingerprint density at radius 2 is 1.79 bits per heavy atom. The van der Waals surface area contributed by atoms with Crippen molar-refractivity contribution >= 4 is 18.3 Å². The van der Waals surface area contributed by atoms with Gasteiger partial charge in [-0.2, -0.15) is 0 Å². The number of carbonyl (C=O) groups is 3. The van der Waals surface area contributed by atoms with Gasteiger partial charge in [-0.05, 0) is 6.42 Å². The summed E-state index contributed by atoms with van der Waals surface area (Å²) in [5.74, 6) is -2.20. The van der Waals surface area contributed by atoms with E-state index in [1.165, 1.54) is 0 Å². The SMILES string of the molecule is N[C@@H](CCC(=O)O)C(=O)O.[NH-]C=O.[Zn]. The summed E-state index contributed by atoms with van der Waals surface area (Å²) in [7, 11) is 0. The zero-order chi connectivity index (χ0) is 10.9. The van der Waals surface area contributed by atoms with Crippen molar-refractivity contribution in [3.8, 4) is 0 Å². The van der Waals surface area contributed by atoms with Crippen LogP contribution in [0.1, 0.15) is 12.8 Å². The van der Waals surface area contributed by atoms with Crippen LogP contribution in [0.2, 0.25) is 0 Å². The molecular weight excluding hydrogens is 245 g/mol. The number of carboxylic acid groups (broad SMARTS) is 2. The number of hydrogen-bond donors (Lipinski definition) is 3. The van der Waals surface area contributed by atoms with E-state index in [9.17, 15) is 9.59 Å².